The SMILES string of the molecule is CN(CC(=O)N1CCOCC1)C(=O)c1ccccc1C(=O)c1ccc(F)cc1. The summed E-state index contributed by atoms with van der Waals surface area (Å²) >= 11 is 0. The number of carbonyl (C=O) groups is 3. The van der Waals surface area contributed by atoms with Crippen LogP contribution in [0, 0.1) is 5.82 Å². The zero-order valence-corrected chi connectivity index (χ0v) is 15.6. The van der Waals surface area contributed by atoms with Gasteiger partial charge in [0.2, 0.25) is 5.91 Å². The van der Waals surface area contributed by atoms with Crippen LogP contribution in [0.15, 0.2) is 48.5 Å². The lowest BCUT2D eigenvalue weighted by molar-refractivity contribution is -0.135. The van der Waals surface area contributed by atoms with Crippen LogP contribution in [0.1, 0.15) is 26.3 Å². The van der Waals surface area contributed by atoms with Crippen molar-refractivity contribution in [2.24, 2.45) is 0 Å². The maximum atomic E-state index is 13.1. The van der Waals surface area contributed by atoms with Crippen LogP contribution in [0.3, 0.4) is 0 Å². The quantitative estimate of drug-likeness (QED) is 0.740. The van der Waals surface area contributed by atoms with Gasteiger partial charge in [-0.2, -0.15) is 0 Å². The molecule has 1 aliphatic rings. The molecule has 0 aliphatic carbocycles. The number of rotatable bonds is 5. The zero-order valence-electron chi connectivity index (χ0n) is 15.6. The van der Waals surface area contributed by atoms with Crippen molar-refractivity contribution in [1.82, 2.24) is 9.80 Å². The molecule has 0 unspecified atom stereocenters. The minimum Gasteiger partial charge on any atom is -0.378 e. The molecule has 0 atom stereocenters. The van der Waals surface area contributed by atoms with E-state index >= 15 is 0 Å². The number of halogens is 1. The summed E-state index contributed by atoms with van der Waals surface area (Å²) in [5, 5.41) is 0. The number of amides is 2. The molecule has 1 saturated heterocycles. The molecule has 0 radical (unpaired) electrons. The van der Waals surface area contributed by atoms with Crippen molar-refractivity contribution >= 4 is 17.6 Å². The van der Waals surface area contributed by atoms with E-state index in [2.05, 4.69) is 0 Å². The van der Waals surface area contributed by atoms with Crippen LogP contribution in [-0.2, 0) is 9.53 Å². The molecule has 28 heavy (non-hydrogen) atoms. The highest BCUT2D eigenvalue weighted by atomic mass is 19.1. The Morgan fingerprint density at radius 2 is 1.61 bits per heavy atom. The third-order valence-electron chi connectivity index (χ3n) is 4.59. The lowest BCUT2D eigenvalue weighted by Gasteiger charge is -2.29. The topological polar surface area (TPSA) is 66.9 Å². The fraction of sp³-hybridized carbons (Fsp3) is 0.286. The van der Waals surface area contributed by atoms with Gasteiger partial charge in [-0.1, -0.05) is 18.2 Å². The second-order valence-corrected chi connectivity index (χ2v) is 6.54. The Morgan fingerprint density at radius 1 is 1.00 bits per heavy atom. The van der Waals surface area contributed by atoms with Crippen molar-refractivity contribution in [1.29, 1.82) is 0 Å². The number of ether oxygens (including phenoxy) is 1. The number of benzene rings is 2. The number of nitrogens with zero attached hydrogens (tertiary/aromatic N) is 2. The van der Waals surface area contributed by atoms with Crippen molar-refractivity contribution in [3.05, 3.63) is 71.0 Å². The Morgan fingerprint density at radius 3 is 2.25 bits per heavy atom. The molecule has 1 aliphatic heterocycles. The molecule has 0 spiro atoms. The minimum absolute atomic E-state index is 0.0854. The summed E-state index contributed by atoms with van der Waals surface area (Å²) in [6, 6.07) is 11.6. The van der Waals surface area contributed by atoms with E-state index in [9.17, 15) is 18.8 Å². The minimum atomic E-state index is -0.442. The Hall–Kier alpha value is -3.06. The number of ketones is 1. The average Bonchev–Trinajstić information content (AvgIpc) is 2.73. The molecule has 2 aromatic rings. The molecule has 1 heterocycles. The van der Waals surface area contributed by atoms with Gasteiger partial charge in [0, 0.05) is 31.3 Å². The Kier molecular flexibility index (Phi) is 6.16. The van der Waals surface area contributed by atoms with Gasteiger partial charge in [0.15, 0.2) is 5.78 Å². The molecule has 3 rings (SSSR count). The van der Waals surface area contributed by atoms with Gasteiger partial charge in [0.1, 0.15) is 5.82 Å². The predicted octanol–water partition coefficient (Wildman–Crippen LogP) is 1.99. The van der Waals surface area contributed by atoms with Crippen LogP contribution in [0.25, 0.3) is 0 Å². The van der Waals surface area contributed by atoms with E-state index in [-0.39, 0.29) is 34.9 Å². The highest BCUT2D eigenvalue weighted by Crippen LogP contribution is 2.17. The molecule has 0 bridgehead atoms. The van der Waals surface area contributed by atoms with Gasteiger partial charge in [-0.05, 0) is 30.3 Å². The molecule has 1 fully saturated rings. The first-order chi connectivity index (χ1) is 13.5. The average molecular weight is 384 g/mol. The third kappa shape index (κ3) is 4.43. The van der Waals surface area contributed by atoms with Crippen molar-refractivity contribution in [3.63, 3.8) is 0 Å². The van der Waals surface area contributed by atoms with Gasteiger partial charge in [-0.15, -0.1) is 0 Å². The fourth-order valence-corrected chi connectivity index (χ4v) is 3.02. The van der Waals surface area contributed by atoms with E-state index in [0.29, 0.717) is 26.3 Å². The van der Waals surface area contributed by atoms with E-state index in [1.165, 1.54) is 36.2 Å². The molecule has 0 N–H and O–H groups in total. The summed E-state index contributed by atoms with van der Waals surface area (Å²) in [6.45, 7) is 1.88. The summed E-state index contributed by atoms with van der Waals surface area (Å²) in [5.41, 5.74) is 0.701. The molecular weight excluding hydrogens is 363 g/mol. The fourth-order valence-electron chi connectivity index (χ4n) is 3.02. The number of carbonyl (C=O) groups excluding carboxylic acids is 3. The number of likely N-dealkylation sites (N-methyl/N-ethyl adjacent to an activating group) is 1. The molecule has 2 aromatic carbocycles. The van der Waals surface area contributed by atoms with E-state index in [4.69, 9.17) is 4.74 Å². The van der Waals surface area contributed by atoms with Crippen LogP contribution in [0.4, 0.5) is 4.39 Å². The summed E-state index contributed by atoms with van der Waals surface area (Å²) in [4.78, 5) is 41.0. The van der Waals surface area contributed by atoms with Crippen LogP contribution < -0.4 is 0 Å². The van der Waals surface area contributed by atoms with E-state index in [1.54, 1.807) is 29.2 Å². The van der Waals surface area contributed by atoms with Gasteiger partial charge < -0.3 is 14.5 Å². The first-order valence-electron chi connectivity index (χ1n) is 8.97. The van der Waals surface area contributed by atoms with Crippen LogP contribution in [0.2, 0.25) is 0 Å². The van der Waals surface area contributed by atoms with Crippen molar-refractivity contribution in [2.75, 3.05) is 39.9 Å². The van der Waals surface area contributed by atoms with Crippen LogP contribution in [0.5, 0.6) is 0 Å². The Labute approximate surface area is 162 Å². The normalized spacial score (nSPS) is 13.9. The maximum Gasteiger partial charge on any atom is 0.254 e. The van der Waals surface area contributed by atoms with Gasteiger partial charge in [0.25, 0.3) is 5.91 Å². The molecule has 6 nitrogen and oxygen atoms in total. The highest BCUT2D eigenvalue weighted by molar-refractivity contribution is 6.15. The van der Waals surface area contributed by atoms with Gasteiger partial charge in [0.05, 0.1) is 25.3 Å². The Bertz CT molecular complexity index is 876. The summed E-state index contributed by atoms with van der Waals surface area (Å²) < 4.78 is 18.4. The number of hydrogen-bond acceptors (Lipinski definition) is 4. The Balaban J connectivity index is 1.77. The molecular formula is C21H21FN2O4. The largest absolute Gasteiger partial charge is 0.378 e. The summed E-state index contributed by atoms with van der Waals surface area (Å²) in [5.74, 6) is -1.41. The van der Waals surface area contributed by atoms with Gasteiger partial charge in [-0.3, -0.25) is 14.4 Å². The van der Waals surface area contributed by atoms with Crippen LogP contribution in [-0.4, -0.2) is 67.3 Å². The van der Waals surface area contributed by atoms with E-state index in [0.717, 1.165) is 0 Å². The van der Waals surface area contributed by atoms with Crippen molar-refractivity contribution in [2.45, 2.75) is 0 Å². The zero-order chi connectivity index (χ0) is 20.1. The second kappa shape index (κ2) is 8.75. The number of morpholine rings is 1. The highest BCUT2D eigenvalue weighted by Gasteiger charge is 2.24. The molecule has 146 valence electrons. The maximum absolute atomic E-state index is 13.1. The number of hydrogen-bond donors (Lipinski definition) is 0. The monoisotopic (exact) mass is 384 g/mol. The van der Waals surface area contributed by atoms with Crippen LogP contribution >= 0.6 is 0 Å². The smallest absolute Gasteiger partial charge is 0.254 e. The van der Waals surface area contributed by atoms with E-state index < -0.39 is 11.7 Å². The predicted molar refractivity (Wildman–Crippen MR) is 101 cm³/mol. The molecule has 2 amide bonds. The lowest BCUT2D eigenvalue weighted by atomic mass is 9.97. The second-order valence-electron chi connectivity index (χ2n) is 6.54. The van der Waals surface area contributed by atoms with Crippen molar-refractivity contribution in [3.8, 4) is 0 Å². The summed E-state index contributed by atoms with van der Waals surface area (Å²) in [7, 11) is 1.53. The van der Waals surface area contributed by atoms with E-state index in [1.807, 2.05) is 0 Å². The lowest BCUT2D eigenvalue weighted by Crippen LogP contribution is -2.46. The first-order valence-corrected chi connectivity index (χ1v) is 8.97. The van der Waals surface area contributed by atoms with Gasteiger partial charge >= 0.3 is 0 Å². The van der Waals surface area contributed by atoms with Crippen molar-refractivity contribution < 1.29 is 23.5 Å². The third-order valence-corrected chi connectivity index (χ3v) is 4.59. The molecule has 0 saturated carbocycles. The molecule has 0 aromatic heterocycles. The molecule has 7 heteroatoms. The van der Waals surface area contributed by atoms with Gasteiger partial charge in [-0.25, -0.2) is 4.39 Å². The first kappa shape index (κ1) is 19.7. The summed E-state index contributed by atoms with van der Waals surface area (Å²) in [6.07, 6.45) is 0. The standard InChI is InChI=1S/C21H21FN2O4/c1-23(14-19(25)24-10-12-28-13-11-24)21(27)18-5-3-2-4-17(18)20(26)15-6-8-16(22)9-7-15/h2-9H,10-14H2,1H3.